The summed E-state index contributed by atoms with van der Waals surface area (Å²) in [5.74, 6) is 0. The number of allylic oxidation sites excluding steroid dienone is 3. The fraction of sp³-hybridized carbons (Fsp3) is 0.778. The predicted molar refractivity (Wildman–Crippen MR) is 128 cm³/mol. The van der Waals surface area contributed by atoms with Crippen molar-refractivity contribution in [2.45, 2.75) is 104 Å². The lowest BCUT2D eigenvalue weighted by molar-refractivity contribution is -0.933. The zero-order valence-corrected chi connectivity index (χ0v) is 20.7. The van der Waals surface area contributed by atoms with Gasteiger partial charge >= 0.3 is 0 Å². The van der Waals surface area contributed by atoms with Crippen LogP contribution in [0.25, 0.3) is 0 Å². The van der Waals surface area contributed by atoms with Crippen molar-refractivity contribution in [3.63, 3.8) is 0 Å². The second-order valence-corrected chi connectivity index (χ2v) is 9.28. The van der Waals surface area contributed by atoms with Gasteiger partial charge in [0.05, 0.1) is 31.6 Å². The molecular formula is C27H50ClN. The van der Waals surface area contributed by atoms with Crippen molar-refractivity contribution in [2.75, 3.05) is 26.2 Å². The Labute approximate surface area is 189 Å². The molecule has 0 fully saturated rings. The molecule has 0 N–H and O–H groups in total. The molecule has 1 nitrogen and oxygen atoms in total. The van der Waals surface area contributed by atoms with Gasteiger partial charge in [-0.25, -0.2) is 0 Å². The Hall–Kier alpha value is -0.530. The Morgan fingerprint density at radius 3 is 1.59 bits per heavy atom. The van der Waals surface area contributed by atoms with Crippen molar-refractivity contribution in [2.24, 2.45) is 5.41 Å². The minimum absolute atomic E-state index is 0. The smallest absolute Gasteiger partial charge is 0.0917 e. The minimum atomic E-state index is 0. The lowest BCUT2D eigenvalue weighted by Crippen LogP contribution is -3.00. The van der Waals surface area contributed by atoms with Crippen molar-refractivity contribution in [3.8, 4) is 0 Å². The van der Waals surface area contributed by atoms with E-state index in [9.17, 15) is 0 Å². The van der Waals surface area contributed by atoms with Crippen molar-refractivity contribution in [1.29, 1.82) is 0 Å². The lowest BCUT2D eigenvalue weighted by atomic mass is 9.80. The average molecular weight is 424 g/mol. The third-order valence-corrected chi connectivity index (χ3v) is 6.67. The molecule has 1 aliphatic carbocycles. The van der Waals surface area contributed by atoms with Crippen LogP contribution in [0.5, 0.6) is 0 Å². The molecule has 1 rings (SSSR count). The molecule has 2 heteroatoms. The number of quaternary nitrogens is 1. The standard InChI is InChI=1S/C27H50N.ClH/c1-5-9-12-18-23-28(24-19-13-10-6-2,25-20-14-11-7-3)26-27(8-4)21-16-15-17-22-27;/h8,15-17,21H,4-7,9-14,18-20,22-26H2,1-3H3;1H/q+1;/p-1. The first kappa shape index (κ1) is 28.5. The first-order valence-corrected chi connectivity index (χ1v) is 12.5. The van der Waals surface area contributed by atoms with Gasteiger partial charge in [-0.05, 0) is 44.9 Å². The van der Waals surface area contributed by atoms with Gasteiger partial charge in [0.1, 0.15) is 0 Å². The highest BCUT2D eigenvalue weighted by Gasteiger charge is 2.36. The molecule has 0 saturated heterocycles. The molecule has 1 aliphatic rings. The van der Waals surface area contributed by atoms with Gasteiger partial charge < -0.3 is 16.9 Å². The zero-order chi connectivity index (χ0) is 20.6. The summed E-state index contributed by atoms with van der Waals surface area (Å²) in [5.41, 5.74) is 0.162. The summed E-state index contributed by atoms with van der Waals surface area (Å²) in [6, 6.07) is 0. The van der Waals surface area contributed by atoms with Gasteiger partial charge in [-0.15, -0.1) is 6.58 Å². The van der Waals surface area contributed by atoms with Crippen LogP contribution in [0.1, 0.15) is 104 Å². The van der Waals surface area contributed by atoms with E-state index in [1.54, 1.807) is 0 Å². The van der Waals surface area contributed by atoms with Crippen molar-refractivity contribution >= 4 is 0 Å². The van der Waals surface area contributed by atoms with E-state index in [-0.39, 0.29) is 17.8 Å². The Bertz CT molecular complexity index is 422. The minimum Gasteiger partial charge on any atom is -1.00 e. The van der Waals surface area contributed by atoms with Gasteiger partial charge in [-0.3, -0.25) is 0 Å². The van der Waals surface area contributed by atoms with Crippen LogP contribution < -0.4 is 12.4 Å². The van der Waals surface area contributed by atoms with Gasteiger partial charge in [-0.1, -0.05) is 89.7 Å². The zero-order valence-electron chi connectivity index (χ0n) is 19.9. The van der Waals surface area contributed by atoms with Crippen molar-refractivity contribution < 1.29 is 16.9 Å². The molecule has 0 aromatic rings. The first-order valence-electron chi connectivity index (χ1n) is 12.5. The topological polar surface area (TPSA) is 0 Å². The summed E-state index contributed by atoms with van der Waals surface area (Å²) in [4.78, 5) is 0. The van der Waals surface area contributed by atoms with Crippen LogP contribution in [0.3, 0.4) is 0 Å². The second-order valence-electron chi connectivity index (χ2n) is 9.28. The van der Waals surface area contributed by atoms with Gasteiger partial charge in [0.15, 0.2) is 0 Å². The van der Waals surface area contributed by atoms with E-state index in [1.165, 1.54) is 108 Å². The largest absolute Gasteiger partial charge is 1.00 e. The molecule has 0 radical (unpaired) electrons. The van der Waals surface area contributed by atoms with E-state index in [4.69, 9.17) is 0 Å². The molecule has 170 valence electrons. The fourth-order valence-electron chi connectivity index (χ4n) is 4.83. The van der Waals surface area contributed by atoms with Gasteiger partial charge in [-0.2, -0.15) is 0 Å². The van der Waals surface area contributed by atoms with Gasteiger partial charge in [0.2, 0.25) is 0 Å². The summed E-state index contributed by atoms with van der Waals surface area (Å²) in [7, 11) is 0. The summed E-state index contributed by atoms with van der Waals surface area (Å²) in [6.07, 6.45) is 29.2. The fourth-order valence-corrected chi connectivity index (χ4v) is 4.83. The summed E-state index contributed by atoms with van der Waals surface area (Å²) in [5, 5.41) is 0. The van der Waals surface area contributed by atoms with Crippen LogP contribution in [0.2, 0.25) is 0 Å². The molecule has 0 saturated carbocycles. The molecule has 1 atom stereocenters. The number of nitrogens with zero attached hydrogens (tertiary/aromatic N) is 1. The molecular weight excluding hydrogens is 374 g/mol. The molecule has 0 aromatic heterocycles. The summed E-state index contributed by atoms with van der Waals surface area (Å²) in [6.45, 7) is 16.6. The third-order valence-electron chi connectivity index (χ3n) is 6.67. The Kier molecular flexibility index (Phi) is 16.9. The van der Waals surface area contributed by atoms with E-state index in [2.05, 4.69) is 57.7 Å². The third kappa shape index (κ3) is 11.4. The van der Waals surface area contributed by atoms with E-state index >= 15 is 0 Å². The highest BCUT2D eigenvalue weighted by molar-refractivity contribution is 5.21. The molecule has 29 heavy (non-hydrogen) atoms. The van der Waals surface area contributed by atoms with E-state index in [1.807, 2.05) is 0 Å². The molecule has 1 unspecified atom stereocenters. The number of halogens is 1. The maximum atomic E-state index is 4.27. The summed E-state index contributed by atoms with van der Waals surface area (Å²) >= 11 is 0. The average Bonchev–Trinajstić information content (AvgIpc) is 2.72. The Morgan fingerprint density at radius 1 is 0.759 bits per heavy atom. The number of hydrogen-bond donors (Lipinski definition) is 0. The SMILES string of the molecule is C=CC1(C[N+](CCCCCC)(CCCCCC)CCCCCC)C=CC=CC1.[Cl-]. The lowest BCUT2D eigenvalue weighted by Gasteiger charge is -2.45. The monoisotopic (exact) mass is 423 g/mol. The maximum Gasteiger partial charge on any atom is 0.0917 e. The summed E-state index contributed by atoms with van der Waals surface area (Å²) < 4.78 is 1.32. The van der Waals surface area contributed by atoms with Crippen LogP contribution in [0.4, 0.5) is 0 Å². The van der Waals surface area contributed by atoms with Crippen LogP contribution in [-0.4, -0.2) is 30.7 Å². The van der Waals surface area contributed by atoms with Gasteiger partial charge in [0, 0.05) is 0 Å². The molecule has 0 heterocycles. The second kappa shape index (κ2) is 17.2. The van der Waals surface area contributed by atoms with Crippen molar-refractivity contribution in [1.82, 2.24) is 0 Å². The van der Waals surface area contributed by atoms with E-state index in [0.717, 1.165) is 6.42 Å². The molecule has 0 amide bonds. The maximum absolute atomic E-state index is 4.27. The molecule has 0 aliphatic heterocycles. The van der Waals surface area contributed by atoms with Gasteiger partial charge in [0.25, 0.3) is 0 Å². The molecule has 0 spiro atoms. The Balaban J connectivity index is 0.00000784. The van der Waals surface area contributed by atoms with E-state index in [0.29, 0.717) is 0 Å². The van der Waals surface area contributed by atoms with Crippen LogP contribution in [-0.2, 0) is 0 Å². The molecule has 0 bridgehead atoms. The highest BCUT2D eigenvalue weighted by atomic mass is 35.5. The van der Waals surface area contributed by atoms with Crippen LogP contribution in [0.15, 0.2) is 37.0 Å². The number of rotatable bonds is 18. The number of unbranched alkanes of at least 4 members (excludes halogenated alkanes) is 9. The Morgan fingerprint density at radius 2 is 1.24 bits per heavy atom. The van der Waals surface area contributed by atoms with Crippen LogP contribution >= 0.6 is 0 Å². The molecule has 0 aromatic carbocycles. The predicted octanol–water partition coefficient (Wildman–Crippen LogP) is 5.24. The highest BCUT2D eigenvalue weighted by Crippen LogP contribution is 2.34. The normalized spacial score (nSPS) is 18.6. The quantitative estimate of drug-likeness (QED) is 0.161. The van der Waals surface area contributed by atoms with Crippen LogP contribution in [0, 0.1) is 5.41 Å². The van der Waals surface area contributed by atoms with Crippen molar-refractivity contribution in [3.05, 3.63) is 37.0 Å². The van der Waals surface area contributed by atoms with E-state index < -0.39 is 0 Å². The first-order chi connectivity index (χ1) is 13.7. The number of hydrogen-bond acceptors (Lipinski definition) is 0.